The number of carbonyl (C=O) groups is 1. The van der Waals surface area contributed by atoms with E-state index in [0.717, 1.165) is 16.7 Å². The summed E-state index contributed by atoms with van der Waals surface area (Å²) in [4.78, 5) is 19.7. The standard InChI is InChI=1S/C23H23N3O3/c1-3-28-13-14-29-21-9-8-19(23-24-11-12-25-23)16-20(21)26-22(27)10-7-18-6-4-5-17(2)15-18/h4-6,8-9,11-12,15-16H,3,13-14H2,1-2H3,(H,24,25)(H,26,27). The van der Waals surface area contributed by atoms with Gasteiger partial charge in [-0.25, -0.2) is 4.98 Å². The number of aryl methyl sites for hydroxylation is 1. The molecular formula is C23H23N3O3. The lowest BCUT2D eigenvalue weighted by atomic mass is 10.1. The van der Waals surface area contributed by atoms with Crippen LogP contribution in [0.1, 0.15) is 18.1 Å². The predicted molar refractivity (Wildman–Crippen MR) is 113 cm³/mol. The second-order valence-corrected chi connectivity index (χ2v) is 6.27. The van der Waals surface area contributed by atoms with Crippen LogP contribution in [0, 0.1) is 18.8 Å². The summed E-state index contributed by atoms with van der Waals surface area (Å²) >= 11 is 0. The highest BCUT2D eigenvalue weighted by molar-refractivity contribution is 6.05. The van der Waals surface area contributed by atoms with Gasteiger partial charge in [0, 0.05) is 36.0 Å². The number of nitrogens with one attached hydrogen (secondary N) is 2. The topological polar surface area (TPSA) is 76.2 Å². The maximum atomic E-state index is 12.4. The van der Waals surface area contributed by atoms with Crippen molar-refractivity contribution >= 4 is 11.6 Å². The largest absolute Gasteiger partial charge is 0.489 e. The van der Waals surface area contributed by atoms with Gasteiger partial charge in [0.2, 0.25) is 0 Å². The Labute approximate surface area is 170 Å². The molecule has 0 spiro atoms. The van der Waals surface area contributed by atoms with Gasteiger partial charge in [0.25, 0.3) is 0 Å². The molecule has 3 rings (SSSR count). The molecule has 0 saturated heterocycles. The number of rotatable bonds is 7. The first-order valence-electron chi connectivity index (χ1n) is 9.39. The van der Waals surface area contributed by atoms with Crippen molar-refractivity contribution in [2.75, 3.05) is 25.1 Å². The van der Waals surface area contributed by atoms with Crippen molar-refractivity contribution in [1.29, 1.82) is 0 Å². The third-order valence-corrected chi connectivity index (χ3v) is 4.03. The molecule has 3 aromatic rings. The van der Waals surface area contributed by atoms with Crippen LogP contribution in [-0.2, 0) is 9.53 Å². The van der Waals surface area contributed by atoms with Gasteiger partial charge in [-0.1, -0.05) is 18.1 Å². The Balaban J connectivity index is 1.78. The number of amides is 1. The SMILES string of the molecule is CCOCCOc1ccc(-c2ncc[nH]2)cc1NC(=O)C#Cc1cccc(C)c1. The predicted octanol–water partition coefficient (Wildman–Crippen LogP) is 3.79. The molecule has 0 saturated carbocycles. The van der Waals surface area contributed by atoms with Crippen LogP contribution in [0.5, 0.6) is 5.75 Å². The van der Waals surface area contributed by atoms with Crippen molar-refractivity contribution in [1.82, 2.24) is 9.97 Å². The number of carbonyl (C=O) groups excluding carboxylic acids is 1. The molecule has 6 nitrogen and oxygen atoms in total. The minimum atomic E-state index is -0.419. The molecule has 0 fully saturated rings. The first-order valence-corrected chi connectivity index (χ1v) is 9.39. The number of hydrogen-bond acceptors (Lipinski definition) is 4. The van der Waals surface area contributed by atoms with Gasteiger partial charge in [0.05, 0.1) is 12.3 Å². The highest BCUT2D eigenvalue weighted by Gasteiger charge is 2.10. The van der Waals surface area contributed by atoms with Gasteiger partial charge < -0.3 is 19.8 Å². The summed E-state index contributed by atoms with van der Waals surface area (Å²) in [6.45, 7) is 5.38. The molecule has 2 N–H and O–H groups in total. The lowest BCUT2D eigenvalue weighted by molar-refractivity contribution is -0.111. The number of aromatic nitrogens is 2. The molecule has 1 amide bonds. The van der Waals surface area contributed by atoms with Crippen LogP contribution in [0.3, 0.4) is 0 Å². The number of hydrogen-bond donors (Lipinski definition) is 2. The number of ether oxygens (including phenoxy) is 2. The second kappa shape index (κ2) is 10.1. The van der Waals surface area contributed by atoms with E-state index < -0.39 is 5.91 Å². The third-order valence-electron chi connectivity index (χ3n) is 4.03. The van der Waals surface area contributed by atoms with Crippen LogP contribution < -0.4 is 10.1 Å². The van der Waals surface area contributed by atoms with E-state index in [1.807, 2.05) is 44.2 Å². The van der Waals surface area contributed by atoms with E-state index in [9.17, 15) is 4.79 Å². The van der Waals surface area contributed by atoms with Crippen molar-refractivity contribution in [2.45, 2.75) is 13.8 Å². The molecule has 0 aliphatic carbocycles. The smallest absolute Gasteiger partial charge is 0.300 e. The fourth-order valence-corrected chi connectivity index (χ4v) is 2.68. The minimum absolute atomic E-state index is 0.381. The van der Waals surface area contributed by atoms with Gasteiger partial charge in [-0.2, -0.15) is 0 Å². The molecule has 0 bridgehead atoms. The fraction of sp³-hybridized carbons (Fsp3) is 0.217. The van der Waals surface area contributed by atoms with Crippen LogP contribution in [0.4, 0.5) is 5.69 Å². The van der Waals surface area contributed by atoms with E-state index in [0.29, 0.717) is 37.1 Å². The van der Waals surface area contributed by atoms with Crippen LogP contribution in [-0.4, -0.2) is 35.7 Å². The molecular weight excluding hydrogens is 366 g/mol. The second-order valence-electron chi connectivity index (χ2n) is 6.27. The first-order chi connectivity index (χ1) is 14.2. The van der Waals surface area contributed by atoms with Crippen molar-refractivity contribution in [3.05, 3.63) is 66.0 Å². The number of benzene rings is 2. The van der Waals surface area contributed by atoms with Crippen molar-refractivity contribution in [3.63, 3.8) is 0 Å². The van der Waals surface area contributed by atoms with Crippen LogP contribution >= 0.6 is 0 Å². The van der Waals surface area contributed by atoms with E-state index in [4.69, 9.17) is 9.47 Å². The van der Waals surface area contributed by atoms with Gasteiger partial charge in [0.15, 0.2) is 0 Å². The molecule has 2 aromatic carbocycles. The minimum Gasteiger partial charge on any atom is -0.489 e. The molecule has 148 valence electrons. The summed E-state index contributed by atoms with van der Waals surface area (Å²) in [5.74, 6) is 6.34. The molecule has 0 aliphatic rings. The summed E-state index contributed by atoms with van der Waals surface area (Å²) in [6, 6.07) is 13.2. The number of H-pyrrole nitrogens is 1. The molecule has 0 radical (unpaired) electrons. The Bertz CT molecular complexity index is 1020. The Morgan fingerprint density at radius 3 is 2.86 bits per heavy atom. The maximum Gasteiger partial charge on any atom is 0.300 e. The van der Waals surface area contributed by atoms with Gasteiger partial charge in [-0.15, -0.1) is 0 Å². The monoisotopic (exact) mass is 389 g/mol. The van der Waals surface area contributed by atoms with Gasteiger partial charge in [-0.05, 0) is 49.7 Å². The Morgan fingerprint density at radius 2 is 2.10 bits per heavy atom. The lowest BCUT2D eigenvalue weighted by Crippen LogP contribution is -2.12. The molecule has 1 aromatic heterocycles. The number of imidazole rings is 1. The third kappa shape index (κ3) is 5.96. The fourth-order valence-electron chi connectivity index (χ4n) is 2.68. The van der Waals surface area contributed by atoms with E-state index in [2.05, 4.69) is 27.1 Å². The van der Waals surface area contributed by atoms with Crippen molar-refractivity contribution < 1.29 is 14.3 Å². The molecule has 1 heterocycles. The van der Waals surface area contributed by atoms with Crippen LogP contribution in [0.15, 0.2) is 54.9 Å². The summed E-state index contributed by atoms with van der Waals surface area (Å²) in [5.41, 5.74) is 3.24. The zero-order valence-electron chi connectivity index (χ0n) is 16.5. The molecule has 29 heavy (non-hydrogen) atoms. The van der Waals surface area contributed by atoms with Crippen LogP contribution in [0.2, 0.25) is 0 Å². The zero-order valence-corrected chi connectivity index (χ0v) is 16.5. The Hall–Kier alpha value is -3.56. The summed E-state index contributed by atoms with van der Waals surface area (Å²) < 4.78 is 11.1. The highest BCUT2D eigenvalue weighted by atomic mass is 16.5. The summed E-state index contributed by atoms with van der Waals surface area (Å²) in [6.07, 6.45) is 3.42. The number of aromatic amines is 1. The van der Waals surface area contributed by atoms with E-state index in [1.54, 1.807) is 24.5 Å². The summed E-state index contributed by atoms with van der Waals surface area (Å²) in [7, 11) is 0. The highest BCUT2D eigenvalue weighted by Crippen LogP contribution is 2.29. The van der Waals surface area contributed by atoms with Crippen LogP contribution in [0.25, 0.3) is 11.4 Å². The molecule has 0 atom stereocenters. The average molecular weight is 389 g/mol. The lowest BCUT2D eigenvalue weighted by Gasteiger charge is -2.12. The van der Waals surface area contributed by atoms with E-state index >= 15 is 0 Å². The van der Waals surface area contributed by atoms with E-state index in [-0.39, 0.29) is 0 Å². The first kappa shape index (κ1) is 20.2. The maximum absolute atomic E-state index is 12.4. The van der Waals surface area contributed by atoms with E-state index in [1.165, 1.54) is 0 Å². The molecule has 0 unspecified atom stereocenters. The Morgan fingerprint density at radius 1 is 1.21 bits per heavy atom. The van der Waals surface area contributed by atoms with Crippen molar-refractivity contribution in [2.24, 2.45) is 0 Å². The normalized spacial score (nSPS) is 10.1. The quantitative estimate of drug-likeness (QED) is 0.476. The molecule has 0 aliphatic heterocycles. The number of anilines is 1. The Kier molecular flexibility index (Phi) is 7.04. The average Bonchev–Trinajstić information content (AvgIpc) is 3.25. The van der Waals surface area contributed by atoms with Gasteiger partial charge >= 0.3 is 5.91 Å². The van der Waals surface area contributed by atoms with Gasteiger partial charge in [0.1, 0.15) is 18.2 Å². The van der Waals surface area contributed by atoms with Gasteiger partial charge in [-0.3, -0.25) is 4.79 Å². The zero-order chi connectivity index (χ0) is 20.5. The van der Waals surface area contributed by atoms with Crippen molar-refractivity contribution in [3.8, 4) is 29.0 Å². The molecule has 6 heteroatoms. The summed E-state index contributed by atoms with van der Waals surface area (Å²) in [5, 5.41) is 2.82. The number of nitrogens with zero attached hydrogens (tertiary/aromatic N) is 1.